The monoisotopic (exact) mass is 398 g/mol. The van der Waals surface area contributed by atoms with Crippen LogP contribution in [0.2, 0.25) is 5.02 Å². The number of anilines is 1. The lowest BCUT2D eigenvalue weighted by molar-refractivity contribution is -0.121. The van der Waals surface area contributed by atoms with E-state index in [0.717, 1.165) is 11.8 Å². The molecule has 140 valence electrons. The minimum Gasteiger partial charge on any atom is -0.352 e. The number of hydrogen-bond donors (Lipinski definition) is 1. The van der Waals surface area contributed by atoms with Crippen LogP contribution < -0.4 is 9.62 Å². The summed E-state index contributed by atoms with van der Waals surface area (Å²) in [6.45, 7) is 0.516. The number of nitrogens with zero attached hydrogens (tertiary/aromatic N) is 1. The molecule has 2 aromatic rings. The van der Waals surface area contributed by atoms with Crippen molar-refractivity contribution in [3.63, 3.8) is 0 Å². The molecule has 0 heterocycles. The van der Waals surface area contributed by atoms with Crippen molar-refractivity contribution in [1.82, 2.24) is 5.32 Å². The Labute approximate surface area is 157 Å². The maximum atomic E-state index is 13.0. The second kappa shape index (κ2) is 9.00. The van der Waals surface area contributed by atoms with Crippen LogP contribution in [-0.2, 0) is 21.4 Å². The molecule has 0 saturated heterocycles. The summed E-state index contributed by atoms with van der Waals surface area (Å²) >= 11 is 5.81. The molecule has 0 unspecified atom stereocenters. The molecule has 1 N–H and O–H groups in total. The van der Waals surface area contributed by atoms with Crippen LogP contribution >= 0.6 is 11.6 Å². The van der Waals surface area contributed by atoms with E-state index in [4.69, 9.17) is 11.6 Å². The van der Waals surface area contributed by atoms with Gasteiger partial charge in [-0.3, -0.25) is 9.10 Å². The number of amides is 1. The maximum absolute atomic E-state index is 13.0. The van der Waals surface area contributed by atoms with E-state index in [1.165, 1.54) is 28.6 Å². The van der Waals surface area contributed by atoms with Gasteiger partial charge in [0.2, 0.25) is 15.9 Å². The number of halogens is 2. The highest BCUT2D eigenvalue weighted by atomic mass is 35.5. The van der Waals surface area contributed by atoms with E-state index in [0.29, 0.717) is 23.7 Å². The molecule has 0 aliphatic carbocycles. The van der Waals surface area contributed by atoms with Crippen molar-refractivity contribution in [2.45, 2.75) is 19.4 Å². The summed E-state index contributed by atoms with van der Waals surface area (Å²) in [4.78, 5) is 11.9. The smallest absolute Gasteiger partial charge is 0.232 e. The summed E-state index contributed by atoms with van der Waals surface area (Å²) in [5, 5.41) is 3.41. The van der Waals surface area contributed by atoms with Crippen molar-refractivity contribution in [1.29, 1.82) is 0 Å². The van der Waals surface area contributed by atoms with Crippen molar-refractivity contribution >= 4 is 33.2 Å². The average molecular weight is 399 g/mol. The number of carbonyl (C=O) groups excluding carboxylic acids is 1. The van der Waals surface area contributed by atoms with Crippen LogP contribution in [0.4, 0.5) is 10.1 Å². The third-order valence-electron chi connectivity index (χ3n) is 3.68. The first-order valence-corrected chi connectivity index (χ1v) is 10.2. The Hall–Kier alpha value is -2.12. The highest BCUT2D eigenvalue weighted by Crippen LogP contribution is 2.18. The van der Waals surface area contributed by atoms with Crippen LogP contribution in [0.25, 0.3) is 0 Å². The number of rotatable bonds is 8. The summed E-state index contributed by atoms with van der Waals surface area (Å²) in [7, 11) is -3.52. The van der Waals surface area contributed by atoms with Gasteiger partial charge in [0.25, 0.3) is 0 Å². The largest absolute Gasteiger partial charge is 0.352 e. The van der Waals surface area contributed by atoms with Crippen molar-refractivity contribution in [3.05, 3.63) is 64.9 Å². The number of benzene rings is 2. The van der Waals surface area contributed by atoms with Gasteiger partial charge >= 0.3 is 0 Å². The predicted octanol–water partition coefficient (Wildman–Crippen LogP) is 3.34. The second-order valence-corrected chi connectivity index (χ2v) is 8.16. The molecule has 0 aromatic heterocycles. The number of sulfonamides is 1. The lowest BCUT2D eigenvalue weighted by Gasteiger charge is -2.22. The SMILES string of the molecule is CS(=O)(=O)N(CCCC(=O)NCc1ccc(Cl)cc1)c1ccc(F)cc1. The fourth-order valence-corrected chi connectivity index (χ4v) is 3.46. The molecule has 0 bridgehead atoms. The molecular weight excluding hydrogens is 379 g/mol. The van der Waals surface area contributed by atoms with Crippen LogP contribution in [0.5, 0.6) is 0 Å². The van der Waals surface area contributed by atoms with Gasteiger partial charge in [-0.05, 0) is 48.4 Å². The molecule has 0 radical (unpaired) electrons. The summed E-state index contributed by atoms with van der Waals surface area (Å²) in [5.41, 5.74) is 1.29. The summed E-state index contributed by atoms with van der Waals surface area (Å²) in [6, 6.07) is 12.3. The fraction of sp³-hybridized carbons (Fsp3) is 0.278. The van der Waals surface area contributed by atoms with E-state index in [9.17, 15) is 17.6 Å². The number of nitrogens with one attached hydrogen (secondary N) is 1. The van der Waals surface area contributed by atoms with Crippen molar-refractivity contribution in [2.24, 2.45) is 0 Å². The maximum Gasteiger partial charge on any atom is 0.232 e. The van der Waals surface area contributed by atoms with Crippen LogP contribution in [0.3, 0.4) is 0 Å². The Morgan fingerprint density at radius 1 is 1.12 bits per heavy atom. The molecule has 0 aliphatic heterocycles. The summed E-state index contributed by atoms with van der Waals surface area (Å²) < 4.78 is 38.1. The minimum absolute atomic E-state index is 0.138. The molecule has 26 heavy (non-hydrogen) atoms. The molecule has 2 aromatic carbocycles. The first-order chi connectivity index (χ1) is 12.3. The molecule has 0 aliphatic rings. The molecule has 0 fully saturated rings. The van der Waals surface area contributed by atoms with Crippen LogP contribution in [0.1, 0.15) is 18.4 Å². The van der Waals surface area contributed by atoms with Crippen LogP contribution in [0.15, 0.2) is 48.5 Å². The first-order valence-electron chi connectivity index (χ1n) is 8.00. The van der Waals surface area contributed by atoms with Crippen molar-refractivity contribution in [2.75, 3.05) is 17.1 Å². The quantitative estimate of drug-likeness (QED) is 0.741. The van der Waals surface area contributed by atoms with Gasteiger partial charge in [-0.2, -0.15) is 0 Å². The van der Waals surface area contributed by atoms with Crippen molar-refractivity contribution in [3.8, 4) is 0 Å². The zero-order valence-corrected chi connectivity index (χ0v) is 15.9. The number of carbonyl (C=O) groups is 1. The predicted molar refractivity (Wildman–Crippen MR) is 101 cm³/mol. The molecule has 0 spiro atoms. The third kappa shape index (κ3) is 6.31. The van der Waals surface area contributed by atoms with Gasteiger partial charge in [0, 0.05) is 24.5 Å². The van der Waals surface area contributed by atoms with E-state index in [1.807, 2.05) is 12.1 Å². The van der Waals surface area contributed by atoms with Gasteiger partial charge in [-0.25, -0.2) is 12.8 Å². The zero-order chi connectivity index (χ0) is 19.2. The summed E-state index contributed by atoms with van der Waals surface area (Å²) in [6.07, 6.45) is 1.61. The minimum atomic E-state index is -3.52. The lowest BCUT2D eigenvalue weighted by Crippen LogP contribution is -2.32. The van der Waals surface area contributed by atoms with E-state index in [2.05, 4.69) is 5.32 Å². The Kier molecular flexibility index (Phi) is 6.99. The molecule has 0 saturated carbocycles. The fourth-order valence-electron chi connectivity index (χ4n) is 2.37. The van der Waals surface area contributed by atoms with Gasteiger partial charge in [-0.1, -0.05) is 23.7 Å². The molecule has 5 nitrogen and oxygen atoms in total. The average Bonchev–Trinajstić information content (AvgIpc) is 2.58. The highest BCUT2D eigenvalue weighted by Gasteiger charge is 2.17. The molecule has 8 heteroatoms. The first kappa shape index (κ1) is 20.2. The molecule has 0 atom stereocenters. The zero-order valence-electron chi connectivity index (χ0n) is 14.3. The topological polar surface area (TPSA) is 66.5 Å². The van der Waals surface area contributed by atoms with Crippen molar-refractivity contribution < 1.29 is 17.6 Å². The van der Waals surface area contributed by atoms with Gasteiger partial charge in [0.05, 0.1) is 11.9 Å². The van der Waals surface area contributed by atoms with Gasteiger partial charge < -0.3 is 5.32 Å². The Balaban J connectivity index is 1.85. The third-order valence-corrected chi connectivity index (χ3v) is 5.13. The molecular formula is C18H20ClFN2O3S. The number of hydrogen-bond acceptors (Lipinski definition) is 3. The van der Waals surface area contributed by atoms with Crippen LogP contribution in [-0.4, -0.2) is 27.1 Å². The van der Waals surface area contributed by atoms with E-state index in [-0.39, 0.29) is 18.9 Å². The van der Waals surface area contributed by atoms with Gasteiger partial charge in [0.1, 0.15) is 5.82 Å². The molecule has 2 rings (SSSR count). The summed E-state index contributed by atoms with van der Waals surface area (Å²) in [5.74, 6) is -0.615. The molecule has 1 amide bonds. The Morgan fingerprint density at radius 3 is 2.31 bits per heavy atom. The lowest BCUT2D eigenvalue weighted by atomic mass is 10.2. The van der Waals surface area contributed by atoms with E-state index in [1.54, 1.807) is 12.1 Å². The Bertz CT molecular complexity index is 840. The van der Waals surface area contributed by atoms with Crippen LogP contribution in [0, 0.1) is 5.82 Å². The standard InChI is InChI=1S/C18H20ClFN2O3S/c1-26(24,25)22(17-10-8-16(20)9-11-17)12-2-3-18(23)21-13-14-4-6-15(19)7-5-14/h4-11H,2-3,12-13H2,1H3,(H,21,23). The van der Waals surface area contributed by atoms with E-state index < -0.39 is 15.8 Å². The Morgan fingerprint density at radius 2 is 1.73 bits per heavy atom. The van der Waals surface area contributed by atoms with E-state index >= 15 is 0 Å². The van der Waals surface area contributed by atoms with Gasteiger partial charge in [0.15, 0.2) is 0 Å². The second-order valence-electron chi connectivity index (χ2n) is 5.82. The van der Waals surface area contributed by atoms with Gasteiger partial charge in [-0.15, -0.1) is 0 Å². The normalized spacial score (nSPS) is 11.2. The highest BCUT2D eigenvalue weighted by molar-refractivity contribution is 7.92.